The van der Waals surface area contributed by atoms with Crippen molar-refractivity contribution in [3.05, 3.63) is 41.0 Å². The predicted octanol–water partition coefficient (Wildman–Crippen LogP) is 4.04. The summed E-state index contributed by atoms with van der Waals surface area (Å²) in [6.45, 7) is 6.07. The number of hydrogen-bond donors (Lipinski definition) is 0. The molecule has 1 amide bonds. The van der Waals surface area contributed by atoms with Gasteiger partial charge in [0, 0.05) is 29.7 Å². The molecule has 0 aliphatic carbocycles. The van der Waals surface area contributed by atoms with E-state index in [0.717, 1.165) is 18.7 Å². The molecular formula is C18H21ClN2O2. The van der Waals surface area contributed by atoms with Crippen LogP contribution in [0.2, 0.25) is 5.02 Å². The summed E-state index contributed by atoms with van der Waals surface area (Å²) in [5.41, 5.74) is 1.58. The molecule has 2 atom stereocenters. The van der Waals surface area contributed by atoms with E-state index in [0.29, 0.717) is 28.3 Å². The lowest BCUT2D eigenvalue weighted by atomic mass is 9.91. The van der Waals surface area contributed by atoms with Crippen molar-refractivity contribution in [3.63, 3.8) is 0 Å². The molecule has 122 valence electrons. The highest BCUT2D eigenvalue weighted by atomic mass is 35.5. The first-order chi connectivity index (χ1) is 11.0. The average Bonchev–Trinajstić information content (AvgIpc) is 2.95. The zero-order chi connectivity index (χ0) is 16.4. The largest absolute Gasteiger partial charge is 0.356 e. The average molecular weight is 333 g/mol. The normalized spacial score (nSPS) is 21.4. The van der Waals surface area contributed by atoms with Gasteiger partial charge in [-0.25, -0.2) is 0 Å². The molecule has 0 radical (unpaired) electrons. The highest BCUT2D eigenvalue weighted by Crippen LogP contribution is 2.24. The van der Waals surface area contributed by atoms with Crippen LogP contribution in [0.3, 0.4) is 0 Å². The van der Waals surface area contributed by atoms with E-state index in [9.17, 15) is 4.79 Å². The van der Waals surface area contributed by atoms with Crippen LogP contribution in [0.15, 0.2) is 34.9 Å². The summed E-state index contributed by atoms with van der Waals surface area (Å²) in [6, 6.07) is 9.20. The number of hydrogen-bond acceptors (Lipinski definition) is 3. The Morgan fingerprint density at radius 1 is 1.26 bits per heavy atom. The van der Waals surface area contributed by atoms with Gasteiger partial charge in [-0.3, -0.25) is 4.79 Å². The molecule has 1 saturated heterocycles. The first kappa shape index (κ1) is 16.1. The number of piperidine rings is 1. The van der Waals surface area contributed by atoms with Crippen molar-refractivity contribution in [2.45, 2.75) is 26.7 Å². The van der Waals surface area contributed by atoms with E-state index in [1.165, 1.54) is 6.42 Å². The Labute approximate surface area is 141 Å². The summed E-state index contributed by atoms with van der Waals surface area (Å²) in [6.07, 6.45) is 1.48. The van der Waals surface area contributed by atoms with Crippen molar-refractivity contribution in [1.82, 2.24) is 10.1 Å². The van der Waals surface area contributed by atoms with Crippen molar-refractivity contribution >= 4 is 17.5 Å². The Bertz CT molecular complexity index is 671. The Morgan fingerprint density at radius 2 is 1.91 bits per heavy atom. The fourth-order valence-electron chi connectivity index (χ4n) is 3.28. The topological polar surface area (TPSA) is 46.3 Å². The first-order valence-corrected chi connectivity index (χ1v) is 8.38. The number of aromatic nitrogens is 1. The molecule has 5 heteroatoms. The first-order valence-electron chi connectivity index (χ1n) is 8.00. The fourth-order valence-corrected chi connectivity index (χ4v) is 3.40. The zero-order valence-electron chi connectivity index (χ0n) is 13.5. The molecule has 2 aromatic rings. The van der Waals surface area contributed by atoms with Gasteiger partial charge in [0.2, 0.25) is 5.91 Å². The maximum absolute atomic E-state index is 12.5. The molecule has 4 nitrogen and oxygen atoms in total. The third-order valence-corrected chi connectivity index (χ3v) is 4.49. The van der Waals surface area contributed by atoms with Crippen LogP contribution in [-0.4, -0.2) is 29.1 Å². The predicted molar refractivity (Wildman–Crippen MR) is 90.2 cm³/mol. The lowest BCUT2D eigenvalue weighted by Gasteiger charge is -2.34. The molecular weight excluding hydrogens is 312 g/mol. The second-order valence-corrected chi connectivity index (χ2v) is 7.05. The number of nitrogens with zero attached hydrogens (tertiary/aromatic N) is 2. The summed E-state index contributed by atoms with van der Waals surface area (Å²) >= 11 is 5.89. The number of rotatable bonds is 3. The lowest BCUT2D eigenvalue weighted by molar-refractivity contribution is -0.133. The van der Waals surface area contributed by atoms with E-state index in [-0.39, 0.29) is 12.3 Å². The van der Waals surface area contributed by atoms with Crippen molar-refractivity contribution < 1.29 is 9.32 Å². The molecule has 0 spiro atoms. The summed E-state index contributed by atoms with van der Waals surface area (Å²) in [5.74, 6) is 1.90. The van der Waals surface area contributed by atoms with Crippen molar-refractivity contribution in [3.8, 4) is 11.3 Å². The highest BCUT2D eigenvalue weighted by Gasteiger charge is 2.26. The van der Waals surface area contributed by atoms with Gasteiger partial charge in [-0.05, 0) is 42.5 Å². The van der Waals surface area contributed by atoms with E-state index >= 15 is 0 Å². The number of carbonyl (C=O) groups is 1. The lowest BCUT2D eigenvalue weighted by Crippen LogP contribution is -2.43. The number of carbonyl (C=O) groups excluding carboxylic acids is 1. The van der Waals surface area contributed by atoms with E-state index in [1.54, 1.807) is 12.1 Å². The highest BCUT2D eigenvalue weighted by molar-refractivity contribution is 6.30. The minimum Gasteiger partial charge on any atom is -0.356 e. The number of likely N-dealkylation sites (tertiary alicyclic amines) is 1. The molecule has 2 unspecified atom stereocenters. The minimum atomic E-state index is 0.124. The van der Waals surface area contributed by atoms with Gasteiger partial charge in [0.15, 0.2) is 5.76 Å². The summed E-state index contributed by atoms with van der Waals surface area (Å²) in [7, 11) is 0. The third kappa shape index (κ3) is 3.94. The molecule has 23 heavy (non-hydrogen) atoms. The van der Waals surface area contributed by atoms with Gasteiger partial charge in [-0.2, -0.15) is 0 Å². The molecule has 1 aliphatic heterocycles. The summed E-state index contributed by atoms with van der Waals surface area (Å²) < 4.78 is 5.36. The van der Waals surface area contributed by atoms with Crippen LogP contribution in [0, 0.1) is 11.8 Å². The van der Waals surface area contributed by atoms with Gasteiger partial charge in [-0.1, -0.05) is 30.6 Å². The summed E-state index contributed by atoms with van der Waals surface area (Å²) in [4.78, 5) is 14.4. The standard InChI is InChI=1S/C18H21ClN2O2/c1-12-7-13(2)11-21(10-12)18(22)9-16-8-17(23-20-16)14-3-5-15(19)6-4-14/h3-6,8,12-13H,7,9-11H2,1-2H3. The van der Waals surface area contributed by atoms with Gasteiger partial charge in [0.05, 0.1) is 12.1 Å². The maximum atomic E-state index is 12.5. The van der Waals surface area contributed by atoms with Gasteiger partial charge >= 0.3 is 0 Å². The van der Waals surface area contributed by atoms with Crippen molar-refractivity contribution in [1.29, 1.82) is 0 Å². The zero-order valence-corrected chi connectivity index (χ0v) is 14.2. The molecule has 1 aliphatic rings. The molecule has 0 bridgehead atoms. The van der Waals surface area contributed by atoms with E-state index in [4.69, 9.17) is 16.1 Å². The molecule has 1 aromatic carbocycles. The van der Waals surface area contributed by atoms with Crippen LogP contribution in [0.5, 0.6) is 0 Å². The second-order valence-electron chi connectivity index (χ2n) is 6.61. The smallest absolute Gasteiger partial charge is 0.228 e. The maximum Gasteiger partial charge on any atom is 0.228 e. The third-order valence-electron chi connectivity index (χ3n) is 4.24. The monoisotopic (exact) mass is 332 g/mol. The molecule has 0 saturated carbocycles. The number of amides is 1. The Kier molecular flexibility index (Phi) is 4.71. The van der Waals surface area contributed by atoms with Crippen LogP contribution in [0.25, 0.3) is 11.3 Å². The molecule has 2 heterocycles. The van der Waals surface area contributed by atoms with E-state index < -0.39 is 0 Å². The van der Waals surface area contributed by atoms with Gasteiger partial charge in [0.1, 0.15) is 0 Å². The van der Waals surface area contributed by atoms with Crippen LogP contribution in [0.1, 0.15) is 26.0 Å². The van der Waals surface area contributed by atoms with Gasteiger partial charge < -0.3 is 9.42 Å². The van der Waals surface area contributed by atoms with Crippen molar-refractivity contribution in [2.24, 2.45) is 11.8 Å². The SMILES string of the molecule is CC1CC(C)CN(C(=O)Cc2cc(-c3ccc(Cl)cc3)on2)C1. The van der Waals surface area contributed by atoms with Crippen LogP contribution < -0.4 is 0 Å². The van der Waals surface area contributed by atoms with Crippen LogP contribution >= 0.6 is 11.6 Å². The quantitative estimate of drug-likeness (QED) is 0.852. The van der Waals surface area contributed by atoms with E-state index in [1.807, 2.05) is 23.1 Å². The minimum absolute atomic E-state index is 0.124. The second kappa shape index (κ2) is 6.75. The molecule has 1 aromatic heterocycles. The summed E-state index contributed by atoms with van der Waals surface area (Å²) in [5, 5.41) is 4.71. The molecule has 3 rings (SSSR count). The van der Waals surface area contributed by atoms with E-state index in [2.05, 4.69) is 19.0 Å². The van der Waals surface area contributed by atoms with Crippen LogP contribution in [-0.2, 0) is 11.2 Å². The number of halogens is 1. The van der Waals surface area contributed by atoms with Crippen LogP contribution in [0.4, 0.5) is 0 Å². The fraction of sp³-hybridized carbons (Fsp3) is 0.444. The Morgan fingerprint density at radius 3 is 2.57 bits per heavy atom. The number of benzene rings is 1. The van der Waals surface area contributed by atoms with Crippen molar-refractivity contribution in [2.75, 3.05) is 13.1 Å². The Balaban J connectivity index is 1.66. The van der Waals surface area contributed by atoms with Gasteiger partial charge in [-0.15, -0.1) is 0 Å². The van der Waals surface area contributed by atoms with Gasteiger partial charge in [0.25, 0.3) is 0 Å². The molecule has 0 N–H and O–H groups in total. The Hall–Kier alpha value is -1.81. The molecule has 1 fully saturated rings.